The molecule has 1 aliphatic carbocycles. The predicted molar refractivity (Wildman–Crippen MR) is 64.8 cm³/mol. The van der Waals surface area contributed by atoms with Gasteiger partial charge in [-0.25, -0.2) is 13.4 Å². The summed E-state index contributed by atoms with van der Waals surface area (Å²) < 4.78 is 27.8. The Morgan fingerprint density at radius 3 is 2.65 bits per heavy atom. The van der Waals surface area contributed by atoms with E-state index < -0.39 is 10.0 Å². The fraction of sp³-hybridized carbons (Fsp3) is 0.700. The highest BCUT2D eigenvalue weighted by Gasteiger charge is 2.33. The standard InChI is InChI=1S/C10H18N4O2S/c1-3-14(6-8-4-5-8)17(15,16)10-9(11)12-7-13(10)2/h7-8H,3-6,11H2,1-2H3. The van der Waals surface area contributed by atoms with Gasteiger partial charge in [-0.15, -0.1) is 0 Å². The number of nitrogen functional groups attached to an aromatic ring is 1. The van der Waals surface area contributed by atoms with Crippen molar-refractivity contribution >= 4 is 15.8 Å². The number of anilines is 1. The number of hydrogen-bond acceptors (Lipinski definition) is 4. The first-order valence-corrected chi connectivity index (χ1v) is 7.17. The molecule has 1 saturated carbocycles. The van der Waals surface area contributed by atoms with Crippen LogP contribution < -0.4 is 5.73 Å². The number of nitrogens with two attached hydrogens (primary N) is 1. The third kappa shape index (κ3) is 2.30. The monoisotopic (exact) mass is 258 g/mol. The van der Waals surface area contributed by atoms with E-state index in [-0.39, 0.29) is 10.8 Å². The Bertz CT molecular complexity index is 485. The molecule has 0 saturated heterocycles. The highest BCUT2D eigenvalue weighted by molar-refractivity contribution is 7.89. The van der Waals surface area contributed by atoms with Gasteiger partial charge in [0.2, 0.25) is 0 Å². The molecular weight excluding hydrogens is 240 g/mol. The zero-order valence-electron chi connectivity index (χ0n) is 10.1. The largest absolute Gasteiger partial charge is 0.381 e. The molecule has 1 aromatic rings. The highest BCUT2D eigenvalue weighted by Crippen LogP contribution is 2.32. The van der Waals surface area contributed by atoms with Gasteiger partial charge in [-0.2, -0.15) is 4.31 Å². The summed E-state index contributed by atoms with van der Waals surface area (Å²) in [6, 6.07) is 0. The van der Waals surface area contributed by atoms with Crippen LogP contribution in [-0.4, -0.2) is 35.4 Å². The third-order valence-corrected chi connectivity index (χ3v) is 5.08. The summed E-state index contributed by atoms with van der Waals surface area (Å²) in [6.07, 6.45) is 3.66. The minimum Gasteiger partial charge on any atom is -0.381 e. The van der Waals surface area contributed by atoms with E-state index in [0.717, 1.165) is 12.8 Å². The number of hydrogen-bond donors (Lipinski definition) is 1. The second-order valence-corrected chi connectivity index (χ2v) is 6.30. The first kappa shape index (κ1) is 12.4. The van der Waals surface area contributed by atoms with Crippen LogP contribution in [-0.2, 0) is 17.1 Å². The SMILES string of the molecule is CCN(CC1CC1)S(=O)(=O)c1c(N)ncn1C. The molecule has 0 atom stereocenters. The first-order valence-electron chi connectivity index (χ1n) is 5.73. The van der Waals surface area contributed by atoms with Crippen molar-refractivity contribution in [2.24, 2.45) is 13.0 Å². The lowest BCUT2D eigenvalue weighted by Gasteiger charge is -2.20. The quantitative estimate of drug-likeness (QED) is 0.830. The number of aromatic nitrogens is 2. The Hall–Kier alpha value is -1.08. The summed E-state index contributed by atoms with van der Waals surface area (Å²) >= 11 is 0. The van der Waals surface area contributed by atoms with Crippen LogP contribution in [0.15, 0.2) is 11.4 Å². The minimum absolute atomic E-state index is 0.0711. The number of nitrogens with zero attached hydrogens (tertiary/aromatic N) is 3. The summed E-state index contributed by atoms with van der Waals surface area (Å²) in [7, 11) is -1.88. The van der Waals surface area contributed by atoms with Crippen LogP contribution in [0.3, 0.4) is 0 Å². The van der Waals surface area contributed by atoms with Crippen LogP contribution in [0.5, 0.6) is 0 Å². The number of imidazole rings is 1. The number of sulfonamides is 1. The van der Waals surface area contributed by atoms with Crippen LogP contribution in [0.1, 0.15) is 19.8 Å². The van der Waals surface area contributed by atoms with Crippen molar-refractivity contribution in [2.45, 2.75) is 24.8 Å². The van der Waals surface area contributed by atoms with Crippen molar-refractivity contribution in [3.05, 3.63) is 6.33 Å². The fourth-order valence-corrected chi connectivity index (χ4v) is 3.58. The van der Waals surface area contributed by atoms with Gasteiger partial charge in [-0.05, 0) is 18.8 Å². The number of rotatable bonds is 5. The fourth-order valence-electron chi connectivity index (χ4n) is 1.86. The molecule has 0 bridgehead atoms. The maximum Gasteiger partial charge on any atom is 0.262 e. The Morgan fingerprint density at radius 2 is 2.24 bits per heavy atom. The van der Waals surface area contributed by atoms with Crippen molar-refractivity contribution in [2.75, 3.05) is 18.8 Å². The van der Waals surface area contributed by atoms with Gasteiger partial charge in [0.25, 0.3) is 10.0 Å². The van der Waals surface area contributed by atoms with Gasteiger partial charge in [-0.3, -0.25) is 0 Å². The molecule has 0 aliphatic heterocycles. The Balaban J connectivity index is 2.33. The molecule has 0 spiro atoms. The molecule has 96 valence electrons. The average Bonchev–Trinajstić information content (AvgIpc) is 3.00. The molecule has 6 nitrogen and oxygen atoms in total. The van der Waals surface area contributed by atoms with E-state index >= 15 is 0 Å². The lowest BCUT2D eigenvalue weighted by atomic mass is 10.4. The predicted octanol–water partition coefficient (Wildman–Crippen LogP) is 0.423. The van der Waals surface area contributed by atoms with Crippen LogP contribution in [0.4, 0.5) is 5.82 Å². The smallest absolute Gasteiger partial charge is 0.262 e. The lowest BCUT2D eigenvalue weighted by molar-refractivity contribution is 0.408. The van der Waals surface area contributed by atoms with E-state index in [4.69, 9.17) is 5.73 Å². The highest BCUT2D eigenvalue weighted by atomic mass is 32.2. The summed E-state index contributed by atoms with van der Waals surface area (Å²) in [6.45, 7) is 2.89. The zero-order chi connectivity index (χ0) is 12.6. The third-order valence-electron chi connectivity index (χ3n) is 3.01. The molecule has 7 heteroatoms. The summed E-state index contributed by atoms with van der Waals surface area (Å²) in [5.41, 5.74) is 5.63. The van der Waals surface area contributed by atoms with Crippen molar-refractivity contribution in [1.82, 2.24) is 13.9 Å². The van der Waals surface area contributed by atoms with E-state index in [1.54, 1.807) is 7.05 Å². The van der Waals surface area contributed by atoms with Gasteiger partial charge in [0.05, 0.1) is 6.33 Å². The van der Waals surface area contributed by atoms with Gasteiger partial charge in [0.15, 0.2) is 10.8 Å². The lowest BCUT2D eigenvalue weighted by Crippen LogP contribution is -2.34. The second kappa shape index (κ2) is 4.30. The maximum atomic E-state index is 12.4. The summed E-state index contributed by atoms with van der Waals surface area (Å²) in [4.78, 5) is 3.83. The van der Waals surface area contributed by atoms with E-state index in [1.807, 2.05) is 6.92 Å². The molecule has 1 heterocycles. The van der Waals surface area contributed by atoms with E-state index in [1.165, 1.54) is 15.2 Å². The molecule has 17 heavy (non-hydrogen) atoms. The molecule has 0 unspecified atom stereocenters. The van der Waals surface area contributed by atoms with E-state index in [0.29, 0.717) is 19.0 Å². The van der Waals surface area contributed by atoms with Crippen LogP contribution >= 0.6 is 0 Å². The van der Waals surface area contributed by atoms with Crippen LogP contribution in [0, 0.1) is 5.92 Å². The van der Waals surface area contributed by atoms with Gasteiger partial charge in [-0.1, -0.05) is 6.92 Å². The van der Waals surface area contributed by atoms with Crippen LogP contribution in [0.25, 0.3) is 0 Å². The minimum atomic E-state index is -3.52. The molecular formula is C10H18N4O2S. The normalized spacial score (nSPS) is 16.6. The topological polar surface area (TPSA) is 81.2 Å². The van der Waals surface area contributed by atoms with E-state index in [2.05, 4.69) is 4.98 Å². The molecule has 0 amide bonds. The zero-order valence-corrected chi connectivity index (χ0v) is 10.9. The molecule has 1 aromatic heterocycles. The summed E-state index contributed by atoms with van der Waals surface area (Å²) in [5, 5.41) is 0.0972. The molecule has 2 rings (SSSR count). The first-order chi connectivity index (χ1) is 7.96. The van der Waals surface area contributed by atoms with Gasteiger partial charge in [0.1, 0.15) is 0 Å². The maximum absolute atomic E-state index is 12.4. The van der Waals surface area contributed by atoms with Gasteiger partial charge in [0, 0.05) is 20.1 Å². The average molecular weight is 258 g/mol. The van der Waals surface area contributed by atoms with Crippen LogP contribution in [0.2, 0.25) is 0 Å². The van der Waals surface area contributed by atoms with Crippen molar-refractivity contribution in [1.29, 1.82) is 0 Å². The molecule has 1 aliphatic rings. The Kier molecular flexibility index (Phi) is 3.13. The summed E-state index contributed by atoms with van der Waals surface area (Å²) in [5.74, 6) is 0.584. The van der Waals surface area contributed by atoms with Gasteiger partial charge >= 0.3 is 0 Å². The molecule has 2 N–H and O–H groups in total. The number of aryl methyl sites for hydroxylation is 1. The molecule has 0 aromatic carbocycles. The van der Waals surface area contributed by atoms with Crippen molar-refractivity contribution in [3.63, 3.8) is 0 Å². The molecule has 1 fully saturated rings. The molecule has 0 radical (unpaired) electrons. The van der Waals surface area contributed by atoms with E-state index in [9.17, 15) is 8.42 Å². The van der Waals surface area contributed by atoms with Crippen molar-refractivity contribution < 1.29 is 8.42 Å². The Labute approximate surface area is 101 Å². The second-order valence-electron chi connectivity index (χ2n) is 4.44. The Morgan fingerprint density at radius 1 is 1.59 bits per heavy atom. The van der Waals surface area contributed by atoms with Gasteiger partial charge < -0.3 is 10.3 Å². The van der Waals surface area contributed by atoms with Crippen molar-refractivity contribution in [3.8, 4) is 0 Å².